The maximum Gasteiger partial charge on any atom is 0.108 e. The molecule has 0 aromatic carbocycles. The van der Waals surface area contributed by atoms with Gasteiger partial charge in [-0.3, -0.25) is 0 Å². The molecule has 1 N–H and O–H groups in total. The van der Waals surface area contributed by atoms with E-state index in [0.29, 0.717) is 16.0 Å². The second-order valence-corrected chi connectivity index (χ2v) is 6.31. The zero-order valence-corrected chi connectivity index (χ0v) is 11.2. The average molecular weight is 322 g/mol. The van der Waals surface area contributed by atoms with Gasteiger partial charge in [-0.25, -0.2) is 0 Å². The van der Waals surface area contributed by atoms with Crippen molar-refractivity contribution in [2.24, 2.45) is 11.1 Å². The highest BCUT2D eigenvalue weighted by atomic mass is 127. The van der Waals surface area contributed by atoms with Crippen LogP contribution in [0, 0.1) is 10.8 Å². The molecule has 2 fully saturated rings. The van der Waals surface area contributed by atoms with Gasteiger partial charge in [0.15, 0.2) is 0 Å². The first-order valence-corrected chi connectivity index (χ1v) is 7.28. The van der Waals surface area contributed by atoms with Crippen LogP contribution in [0.4, 0.5) is 0 Å². The van der Waals surface area contributed by atoms with Crippen LogP contribution >= 0.6 is 22.6 Å². The number of nitrogens with one attached hydrogen (secondary N) is 1. The minimum atomic E-state index is 0.0270. The Morgan fingerprint density at radius 2 is 1.80 bits per heavy atom. The number of hydrogen-bond donors (Lipinski definition) is 1. The fourth-order valence-corrected chi connectivity index (χ4v) is 3.74. The van der Waals surface area contributed by atoms with Crippen LogP contribution in [0.15, 0.2) is 5.18 Å². The van der Waals surface area contributed by atoms with E-state index in [1.165, 1.54) is 32.1 Å². The molecular weight excluding hydrogens is 303 g/mol. The molecule has 3 atom stereocenters. The van der Waals surface area contributed by atoms with Gasteiger partial charge in [0.25, 0.3) is 0 Å². The minimum absolute atomic E-state index is 0.0270. The SMILES string of the molecule is O=NC1CCC(I)NC1C1CCCCC1. The highest BCUT2D eigenvalue weighted by Crippen LogP contribution is 2.33. The summed E-state index contributed by atoms with van der Waals surface area (Å²) in [5, 5.41) is 6.90. The van der Waals surface area contributed by atoms with Crippen molar-refractivity contribution in [2.75, 3.05) is 0 Å². The van der Waals surface area contributed by atoms with Gasteiger partial charge in [0.05, 0.1) is 4.05 Å². The molecule has 3 unspecified atom stereocenters. The summed E-state index contributed by atoms with van der Waals surface area (Å²) in [4.78, 5) is 10.8. The summed E-state index contributed by atoms with van der Waals surface area (Å²) >= 11 is 2.44. The average Bonchev–Trinajstić information content (AvgIpc) is 2.30. The highest BCUT2D eigenvalue weighted by molar-refractivity contribution is 14.1. The molecular formula is C11H19IN2O. The summed E-state index contributed by atoms with van der Waals surface area (Å²) in [5.74, 6) is 0.694. The Bertz CT molecular complexity index is 219. The molecule has 0 bridgehead atoms. The standard InChI is InChI=1S/C11H19IN2O/c12-10-7-6-9(14-15)11(13-10)8-4-2-1-3-5-8/h8-11,13H,1-7H2. The van der Waals surface area contributed by atoms with Gasteiger partial charge < -0.3 is 5.32 Å². The van der Waals surface area contributed by atoms with Gasteiger partial charge >= 0.3 is 0 Å². The van der Waals surface area contributed by atoms with Crippen LogP contribution in [0.2, 0.25) is 0 Å². The second kappa shape index (κ2) is 5.57. The monoisotopic (exact) mass is 322 g/mol. The lowest BCUT2D eigenvalue weighted by Crippen LogP contribution is -2.51. The molecule has 0 radical (unpaired) electrons. The lowest BCUT2D eigenvalue weighted by Gasteiger charge is -2.38. The molecule has 1 saturated heterocycles. The Morgan fingerprint density at radius 1 is 1.07 bits per heavy atom. The minimum Gasteiger partial charge on any atom is -0.300 e. The molecule has 3 nitrogen and oxygen atoms in total. The molecule has 0 spiro atoms. The summed E-state index contributed by atoms with van der Waals surface area (Å²) in [6.07, 6.45) is 8.67. The summed E-state index contributed by atoms with van der Waals surface area (Å²) in [6.45, 7) is 0. The van der Waals surface area contributed by atoms with E-state index in [1.807, 2.05) is 0 Å². The Kier molecular flexibility index (Phi) is 4.37. The van der Waals surface area contributed by atoms with Crippen molar-refractivity contribution in [2.45, 2.75) is 61.1 Å². The largest absolute Gasteiger partial charge is 0.300 e. The molecule has 86 valence electrons. The summed E-state index contributed by atoms with van der Waals surface area (Å²) in [5.41, 5.74) is 0. The fourth-order valence-electron chi connectivity index (χ4n) is 2.96. The van der Waals surface area contributed by atoms with Crippen LogP contribution in [-0.4, -0.2) is 16.1 Å². The van der Waals surface area contributed by atoms with Crippen LogP contribution in [0.25, 0.3) is 0 Å². The second-order valence-electron chi connectivity index (χ2n) is 4.81. The lowest BCUT2D eigenvalue weighted by atomic mass is 9.79. The third kappa shape index (κ3) is 2.90. The maximum atomic E-state index is 10.8. The van der Waals surface area contributed by atoms with Crippen molar-refractivity contribution in [1.82, 2.24) is 5.32 Å². The normalized spacial score (nSPS) is 38.9. The number of halogens is 1. The van der Waals surface area contributed by atoms with Gasteiger partial charge in [-0.05, 0) is 31.6 Å². The van der Waals surface area contributed by atoms with Crippen LogP contribution < -0.4 is 5.32 Å². The molecule has 1 aliphatic carbocycles. The first kappa shape index (κ1) is 11.8. The molecule has 15 heavy (non-hydrogen) atoms. The zero-order valence-electron chi connectivity index (χ0n) is 8.99. The number of piperidine rings is 1. The predicted molar refractivity (Wildman–Crippen MR) is 70.1 cm³/mol. The van der Waals surface area contributed by atoms with E-state index in [1.54, 1.807) is 0 Å². The Balaban J connectivity index is 1.98. The molecule has 4 heteroatoms. The Morgan fingerprint density at radius 3 is 2.47 bits per heavy atom. The van der Waals surface area contributed by atoms with Crippen molar-refractivity contribution in [3.8, 4) is 0 Å². The van der Waals surface area contributed by atoms with Crippen molar-refractivity contribution >= 4 is 22.6 Å². The van der Waals surface area contributed by atoms with Gasteiger partial charge in [0, 0.05) is 6.04 Å². The Hall–Kier alpha value is 0.290. The van der Waals surface area contributed by atoms with Crippen LogP contribution in [0.3, 0.4) is 0 Å². The van der Waals surface area contributed by atoms with E-state index in [4.69, 9.17) is 0 Å². The zero-order chi connectivity index (χ0) is 10.7. The molecule has 0 amide bonds. The number of nitrogens with zero attached hydrogens (tertiary/aromatic N) is 1. The summed E-state index contributed by atoms with van der Waals surface area (Å²) < 4.78 is 0.535. The third-order valence-corrected chi connectivity index (χ3v) is 4.78. The molecule has 0 aromatic rings. The summed E-state index contributed by atoms with van der Waals surface area (Å²) in [7, 11) is 0. The van der Waals surface area contributed by atoms with E-state index < -0.39 is 0 Å². The van der Waals surface area contributed by atoms with Gasteiger partial charge in [-0.15, -0.1) is 0 Å². The van der Waals surface area contributed by atoms with E-state index >= 15 is 0 Å². The van der Waals surface area contributed by atoms with E-state index in [9.17, 15) is 4.91 Å². The fraction of sp³-hybridized carbons (Fsp3) is 1.00. The first-order chi connectivity index (χ1) is 7.31. The molecule has 2 aliphatic rings. The molecule has 2 rings (SSSR count). The van der Waals surface area contributed by atoms with Crippen molar-refractivity contribution in [1.29, 1.82) is 0 Å². The molecule has 1 aliphatic heterocycles. The number of alkyl halides is 1. The van der Waals surface area contributed by atoms with Gasteiger partial charge in [0.2, 0.25) is 0 Å². The van der Waals surface area contributed by atoms with Crippen molar-refractivity contribution in [3.63, 3.8) is 0 Å². The Labute approximate surface area is 105 Å². The number of rotatable bonds is 2. The van der Waals surface area contributed by atoms with Gasteiger partial charge in [-0.1, -0.05) is 47.0 Å². The van der Waals surface area contributed by atoms with E-state index in [-0.39, 0.29) is 6.04 Å². The molecule has 1 heterocycles. The van der Waals surface area contributed by atoms with E-state index in [2.05, 4.69) is 33.1 Å². The third-order valence-electron chi connectivity index (χ3n) is 3.80. The van der Waals surface area contributed by atoms with Crippen LogP contribution in [0.1, 0.15) is 44.9 Å². The van der Waals surface area contributed by atoms with Crippen LogP contribution in [0.5, 0.6) is 0 Å². The topological polar surface area (TPSA) is 41.5 Å². The first-order valence-electron chi connectivity index (χ1n) is 6.04. The van der Waals surface area contributed by atoms with E-state index in [0.717, 1.165) is 12.8 Å². The summed E-state index contributed by atoms with van der Waals surface area (Å²) in [6, 6.07) is 0.387. The molecule has 0 aromatic heterocycles. The lowest BCUT2D eigenvalue weighted by molar-refractivity contribution is 0.208. The predicted octanol–water partition coefficient (Wildman–Crippen LogP) is 3.21. The smallest absolute Gasteiger partial charge is 0.108 e. The van der Waals surface area contributed by atoms with Crippen LogP contribution in [-0.2, 0) is 0 Å². The quantitative estimate of drug-likeness (QED) is 0.367. The number of nitroso groups, excluding NO2 is 1. The van der Waals surface area contributed by atoms with Gasteiger partial charge in [-0.2, -0.15) is 4.91 Å². The maximum absolute atomic E-state index is 10.8. The number of hydrogen-bond acceptors (Lipinski definition) is 3. The van der Waals surface area contributed by atoms with Crippen molar-refractivity contribution < 1.29 is 0 Å². The van der Waals surface area contributed by atoms with Crippen molar-refractivity contribution in [3.05, 3.63) is 4.91 Å². The van der Waals surface area contributed by atoms with Gasteiger partial charge in [0.1, 0.15) is 6.04 Å². The highest BCUT2D eigenvalue weighted by Gasteiger charge is 2.35. The molecule has 1 saturated carbocycles.